The molecule has 0 spiro atoms. The zero-order valence-corrected chi connectivity index (χ0v) is 13.7. The zero-order chi connectivity index (χ0) is 17.3. The number of aliphatic hydroxyl groups is 1. The predicted octanol–water partition coefficient (Wildman–Crippen LogP) is 3.52. The van der Waals surface area contributed by atoms with E-state index in [9.17, 15) is 9.59 Å². The van der Waals surface area contributed by atoms with Gasteiger partial charge in [-0.25, -0.2) is 9.59 Å². The lowest BCUT2D eigenvalue weighted by Crippen LogP contribution is -2.11. The van der Waals surface area contributed by atoms with E-state index in [1.54, 1.807) is 0 Å². The van der Waals surface area contributed by atoms with E-state index in [0.29, 0.717) is 17.9 Å². The standard InChI is InChI=1S/C9H20O.C8H6O4/c1-8(5-6-10)7-9(2,3)4;9-7(10)5-1-2-6(4-3-5)8(11)12/h8,10H,5-7H2,1-4H3;1-4H,(H,9,10)(H,11,12). The van der Waals surface area contributed by atoms with E-state index in [2.05, 4.69) is 27.7 Å². The van der Waals surface area contributed by atoms with E-state index in [4.69, 9.17) is 15.3 Å². The van der Waals surface area contributed by atoms with Crippen LogP contribution in [0.4, 0.5) is 0 Å². The highest BCUT2D eigenvalue weighted by Crippen LogP contribution is 2.25. The van der Waals surface area contributed by atoms with Gasteiger partial charge in [0.05, 0.1) is 11.1 Å². The summed E-state index contributed by atoms with van der Waals surface area (Å²) < 4.78 is 0. The molecule has 0 bridgehead atoms. The maximum absolute atomic E-state index is 10.3. The molecule has 0 aliphatic heterocycles. The molecule has 22 heavy (non-hydrogen) atoms. The fraction of sp³-hybridized carbons (Fsp3) is 0.529. The number of hydrogen-bond acceptors (Lipinski definition) is 3. The first-order valence-corrected chi connectivity index (χ1v) is 7.24. The molecule has 5 heteroatoms. The van der Waals surface area contributed by atoms with E-state index in [1.165, 1.54) is 30.7 Å². The van der Waals surface area contributed by atoms with Crippen LogP contribution < -0.4 is 0 Å². The SMILES string of the molecule is CC(CCO)CC(C)(C)C.O=C(O)c1ccc(C(=O)O)cc1. The summed E-state index contributed by atoms with van der Waals surface area (Å²) in [5.41, 5.74) is 0.578. The molecule has 0 fully saturated rings. The Morgan fingerprint density at radius 2 is 1.36 bits per heavy atom. The first-order chi connectivity index (χ1) is 10.1. The van der Waals surface area contributed by atoms with Crippen molar-refractivity contribution in [2.75, 3.05) is 6.61 Å². The first kappa shape index (κ1) is 20.1. The van der Waals surface area contributed by atoms with Gasteiger partial charge in [-0.3, -0.25) is 0 Å². The first-order valence-electron chi connectivity index (χ1n) is 7.24. The van der Waals surface area contributed by atoms with Crippen molar-refractivity contribution in [3.63, 3.8) is 0 Å². The fourth-order valence-corrected chi connectivity index (χ4v) is 2.12. The van der Waals surface area contributed by atoms with Crippen molar-refractivity contribution in [3.8, 4) is 0 Å². The number of benzene rings is 1. The van der Waals surface area contributed by atoms with Crippen LogP contribution >= 0.6 is 0 Å². The predicted molar refractivity (Wildman–Crippen MR) is 85.3 cm³/mol. The van der Waals surface area contributed by atoms with Gasteiger partial charge in [0.25, 0.3) is 0 Å². The highest BCUT2D eigenvalue weighted by atomic mass is 16.4. The van der Waals surface area contributed by atoms with Crippen molar-refractivity contribution in [1.29, 1.82) is 0 Å². The molecule has 0 aliphatic rings. The quantitative estimate of drug-likeness (QED) is 0.773. The number of carboxylic acids is 2. The lowest BCUT2D eigenvalue weighted by atomic mass is 9.84. The van der Waals surface area contributed by atoms with Crippen molar-refractivity contribution < 1.29 is 24.9 Å². The molecule has 5 nitrogen and oxygen atoms in total. The summed E-state index contributed by atoms with van der Waals surface area (Å²) >= 11 is 0. The highest BCUT2D eigenvalue weighted by molar-refractivity contribution is 5.91. The molecule has 1 atom stereocenters. The molecular weight excluding hydrogens is 284 g/mol. The number of carboxylic acid groups (broad SMARTS) is 2. The Balaban J connectivity index is 0.000000409. The van der Waals surface area contributed by atoms with Crippen molar-refractivity contribution in [3.05, 3.63) is 35.4 Å². The minimum Gasteiger partial charge on any atom is -0.478 e. The molecule has 1 aromatic rings. The third kappa shape index (κ3) is 9.13. The number of hydrogen-bond donors (Lipinski definition) is 3. The van der Waals surface area contributed by atoms with Crippen molar-refractivity contribution in [1.82, 2.24) is 0 Å². The summed E-state index contributed by atoms with van der Waals surface area (Å²) in [6.07, 6.45) is 2.14. The maximum Gasteiger partial charge on any atom is 0.335 e. The van der Waals surface area contributed by atoms with Crippen LogP contribution in [0.2, 0.25) is 0 Å². The van der Waals surface area contributed by atoms with Crippen LogP contribution in [-0.4, -0.2) is 33.9 Å². The summed E-state index contributed by atoms with van der Waals surface area (Å²) in [6, 6.07) is 5.02. The van der Waals surface area contributed by atoms with Gasteiger partial charge in [0.1, 0.15) is 0 Å². The van der Waals surface area contributed by atoms with Gasteiger partial charge in [-0.15, -0.1) is 0 Å². The Labute approximate surface area is 131 Å². The van der Waals surface area contributed by atoms with Gasteiger partial charge in [0, 0.05) is 6.61 Å². The molecule has 0 aliphatic carbocycles. The van der Waals surface area contributed by atoms with Gasteiger partial charge >= 0.3 is 11.9 Å². The second-order valence-electron chi connectivity index (χ2n) is 6.57. The molecule has 124 valence electrons. The third-order valence-electron chi connectivity index (χ3n) is 2.96. The average Bonchev–Trinajstić information content (AvgIpc) is 2.37. The van der Waals surface area contributed by atoms with Gasteiger partial charge in [-0.1, -0.05) is 27.7 Å². The van der Waals surface area contributed by atoms with Crippen molar-refractivity contribution >= 4 is 11.9 Å². The summed E-state index contributed by atoms with van der Waals surface area (Å²) in [5, 5.41) is 25.6. The average molecular weight is 310 g/mol. The van der Waals surface area contributed by atoms with E-state index >= 15 is 0 Å². The molecule has 1 rings (SSSR count). The second kappa shape index (κ2) is 9.20. The van der Waals surface area contributed by atoms with Gasteiger partial charge in [-0.2, -0.15) is 0 Å². The van der Waals surface area contributed by atoms with Crippen LogP contribution in [0.3, 0.4) is 0 Å². The fourth-order valence-electron chi connectivity index (χ4n) is 2.12. The minimum absolute atomic E-state index is 0.0833. The summed E-state index contributed by atoms with van der Waals surface area (Å²) in [6.45, 7) is 9.24. The molecule has 0 saturated heterocycles. The Hall–Kier alpha value is -1.88. The molecule has 0 aromatic heterocycles. The lowest BCUT2D eigenvalue weighted by Gasteiger charge is -2.22. The third-order valence-corrected chi connectivity index (χ3v) is 2.96. The van der Waals surface area contributed by atoms with Crippen molar-refractivity contribution in [2.45, 2.75) is 40.5 Å². The van der Waals surface area contributed by atoms with E-state index in [0.717, 1.165) is 6.42 Å². The summed E-state index contributed by atoms with van der Waals surface area (Å²) in [4.78, 5) is 20.7. The van der Waals surface area contributed by atoms with Crippen LogP contribution in [0.1, 0.15) is 61.3 Å². The number of aromatic carboxylic acids is 2. The Kier molecular flexibility index (Phi) is 8.42. The Morgan fingerprint density at radius 1 is 1.00 bits per heavy atom. The summed E-state index contributed by atoms with van der Waals surface area (Å²) in [5.74, 6) is -1.47. The molecule has 1 unspecified atom stereocenters. The molecule has 0 amide bonds. The van der Waals surface area contributed by atoms with Crippen LogP contribution in [0, 0.1) is 11.3 Å². The Bertz CT molecular complexity index is 438. The second-order valence-corrected chi connectivity index (χ2v) is 6.57. The lowest BCUT2D eigenvalue weighted by molar-refractivity contribution is 0.0681. The normalized spacial score (nSPS) is 12.0. The van der Waals surface area contributed by atoms with E-state index in [-0.39, 0.29) is 11.1 Å². The van der Waals surface area contributed by atoms with Crippen LogP contribution in [0.5, 0.6) is 0 Å². The van der Waals surface area contributed by atoms with Gasteiger partial charge in [0.2, 0.25) is 0 Å². The topological polar surface area (TPSA) is 94.8 Å². The van der Waals surface area contributed by atoms with Gasteiger partial charge < -0.3 is 15.3 Å². The van der Waals surface area contributed by atoms with Crippen molar-refractivity contribution in [2.24, 2.45) is 11.3 Å². The van der Waals surface area contributed by atoms with Crippen LogP contribution in [0.25, 0.3) is 0 Å². The number of carbonyl (C=O) groups is 2. The smallest absolute Gasteiger partial charge is 0.335 e. The molecule has 0 heterocycles. The molecule has 1 aromatic carbocycles. The zero-order valence-electron chi connectivity index (χ0n) is 13.7. The van der Waals surface area contributed by atoms with Crippen LogP contribution in [0.15, 0.2) is 24.3 Å². The van der Waals surface area contributed by atoms with E-state index in [1.807, 2.05) is 0 Å². The summed E-state index contributed by atoms with van der Waals surface area (Å²) in [7, 11) is 0. The molecule has 0 radical (unpaired) electrons. The van der Waals surface area contributed by atoms with Gasteiger partial charge in [-0.05, 0) is 48.4 Å². The van der Waals surface area contributed by atoms with E-state index < -0.39 is 11.9 Å². The Morgan fingerprint density at radius 3 is 1.59 bits per heavy atom. The van der Waals surface area contributed by atoms with Gasteiger partial charge in [0.15, 0.2) is 0 Å². The maximum atomic E-state index is 10.3. The monoisotopic (exact) mass is 310 g/mol. The van der Waals surface area contributed by atoms with Crippen LogP contribution in [-0.2, 0) is 0 Å². The molecular formula is C17H26O5. The largest absolute Gasteiger partial charge is 0.478 e. The number of aliphatic hydroxyl groups excluding tert-OH is 1. The molecule has 0 saturated carbocycles. The highest BCUT2D eigenvalue weighted by Gasteiger charge is 2.14. The number of rotatable bonds is 5. The molecule has 3 N–H and O–H groups in total. The minimum atomic E-state index is -1.06.